The quantitative estimate of drug-likeness (QED) is 0.375. The zero-order valence-corrected chi connectivity index (χ0v) is 22.5. The van der Waals surface area contributed by atoms with Crippen molar-refractivity contribution in [1.82, 2.24) is 5.09 Å². The molecule has 2 aromatic carbocycles. The lowest BCUT2D eigenvalue weighted by Crippen LogP contribution is -2.31. The van der Waals surface area contributed by atoms with Crippen molar-refractivity contribution < 1.29 is 18.7 Å². The molecule has 7 heteroatoms. The van der Waals surface area contributed by atoms with E-state index in [1.54, 1.807) is 6.07 Å². The molecule has 2 aliphatic rings. The lowest BCUT2D eigenvalue weighted by Gasteiger charge is -2.34. The molecule has 1 aliphatic carbocycles. The summed E-state index contributed by atoms with van der Waals surface area (Å²) in [6.07, 6.45) is 8.00. The summed E-state index contributed by atoms with van der Waals surface area (Å²) in [4.78, 5) is 0. The van der Waals surface area contributed by atoms with Crippen LogP contribution >= 0.6 is 19.3 Å². The maximum atomic E-state index is 13.3. The molecule has 0 radical (unpaired) electrons. The topological polar surface area (TPSA) is 67.8 Å². The van der Waals surface area contributed by atoms with E-state index < -0.39 is 7.75 Å². The molecule has 0 aromatic heterocycles. The normalized spacial score (nSPS) is 24.6. The van der Waals surface area contributed by atoms with Gasteiger partial charge in [0.15, 0.2) is 0 Å². The molecule has 4 rings (SSSR count). The number of halogens is 1. The Morgan fingerprint density at radius 1 is 1.17 bits per heavy atom. The van der Waals surface area contributed by atoms with Crippen LogP contribution in [0.25, 0.3) is 0 Å². The van der Waals surface area contributed by atoms with Gasteiger partial charge in [-0.25, -0.2) is 9.65 Å². The number of rotatable bonds is 7. The monoisotopic (exact) mass is 515 g/mol. The minimum atomic E-state index is -3.41. The van der Waals surface area contributed by atoms with Crippen molar-refractivity contribution in [1.29, 1.82) is 0 Å². The fraction of sp³-hybridized carbons (Fsp3) is 0.429. The Morgan fingerprint density at radius 3 is 2.60 bits per heavy atom. The third-order valence-electron chi connectivity index (χ3n) is 6.80. The highest BCUT2D eigenvalue weighted by Crippen LogP contribution is 2.51. The highest BCUT2D eigenvalue weighted by molar-refractivity contribution is 7.51. The van der Waals surface area contributed by atoms with E-state index >= 15 is 0 Å². The van der Waals surface area contributed by atoms with Crippen molar-refractivity contribution >= 4 is 19.3 Å². The van der Waals surface area contributed by atoms with Crippen LogP contribution in [0.3, 0.4) is 0 Å². The van der Waals surface area contributed by atoms with Crippen LogP contribution in [0.1, 0.15) is 66.0 Å². The smallest absolute Gasteiger partial charge is 0.406 e. The van der Waals surface area contributed by atoms with E-state index in [-0.39, 0.29) is 17.9 Å². The van der Waals surface area contributed by atoms with Gasteiger partial charge in [0.25, 0.3) is 0 Å². The van der Waals surface area contributed by atoms with Crippen molar-refractivity contribution in [3.05, 3.63) is 87.0 Å². The highest BCUT2D eigenvalue weighted by atomic mass is 35.5. The van der Waals surface area contributed by atoms with Gasteiger partial charge < -0.3 is 5.11 Å². The minimum absolute atomic E-state index is 0.103. The van der Waals surface area contributed by atoms with Gasteiger partial charge in [-0.15, -0.1) is 0 Å². The Kier molecular flexibility index (Phi) is 8.25. The van der Waals surface area contributed by atoms with Gasteiger partial charge in [-0.3, -0.25) is 9.05 Å². The molecule has 0 amide bonds. The number of hydrogen-bond acceptors (Lipinski definition) is 4. The SMILES string of the molecule is Cc1cc(CNP2(=O)OCCC(C3C=C(Cl)C=CC3)O2)cc(C)c1Cc1ccc(O)c(C(C)C)c1. The fourth-order valence-corrected chi connectivity index (χ4v) is 6.70. The largest absolute Gasteiger partial charge is 0.508 e. The fourth-order valence-electron chi connectivity index (χ4n) is 4.88. The van der Waals surface area contributed by atoms with Crippen molar-refractivity contribution in [3.63, 3.8) is 0 Å². The molecule has 3 unspecified atom stereocenters. The van der Waals surface area contributed by atoms with Gasteiger partial charge in [-0.05, 0) is 84.6 Å². The molecular formula is C28H35ClNO4P. The van der Waals surface area contributed by atoms with E-state index in [1.165, 1.54) is 22.3 Å². The molecule has 3 atom stereocenters. The van der Waals surface area contributed by atoms with Crippen molar-refractivity contribution in [2.75, 3.05) is 6.61 Å². The van der Waals surface area contributed by atoms with Gasteiger partial charge >= 0.3 is 7.75 Å². The third kappa shape index (κ3) is 6.47. The first-order valence-corrected chi connectivity index (χ1v) is 14.2. The maximum Gasteiger partial charge on any atom is 0.406 e. The second-order valence-electron chi connectivity index (χ2n) is 9.88. The Hall–Kier alpha value is -1.88. The first-order valence-electron chi connectivity index (χ1n) is 12.3. The van der Waals surface area contributed by atoms with Crippen LogP contribution in [0.4, 0.5) is 0 Å². The van der Waals surface area contributed by atoms with E-state index in [0.29, 0.717) is 30.4 Å². The van der Waals surface area contributed by atoms with E-state index in [1.807, 2.05) is 24.3 Å². The summed E-state index contributed by atoms with van der Waals surface area (Å²) < 4.78 is 24.8. The number of benzene rings is 2. The Balaban J connectivity index is 1.43. The van der Waals surface area contributed by atoms with Crippen LogP contribution in [-0.2, 0) is 26.6 Å². The van der Waals surface area contributed by atoms with Crippen molar-refractivity contribution in [2.45, 2.75) is 65.5 Å². The van der Waals surface area contributed by atoms with E-state index in [2.05, 4.69) is 51.0 Å². The van der Waals surface area contributed by atoms with Crippen LogP contribution in [-0.4, -0.2) is 17.8 Å². The lowest BCUT2D eigenvalue weighted by atomic mass is 9.92. The Bertz CT molecular complexity index is 1170. The number of phenols is 1. The molecule has 0 bridgehead atoms. The predicted molar refractivity (Wildman–Crippen MR) is 142 cm³/mol. The zero-order chi connectivity index (χ0) is 25.2. The predicted octanol–water partition coefficient (Wildman–Crippen LogP) is 7.43. The summed E-state index contributed by atoms with van der Waals surface area (Å²) >= 11 is 6.16. The summed E-state index contributed by atoms with van der Waals surface area (Å²) in [7, 11) is -3.41. The molecule has 5 nitrogen and oxygen atoms in total. The Morgan fingerprint density at radius 2 is 1.91 bits per heavy atom. The van der Waals surface area contributed by atoms with Crippen LogP contribution in [0.5, 0.6) is 5.75 Å². The highest BCUT2D eigenvalue weighted by Gasteiger charge is 2.36. The number of hydrogen-bond donors (Lipinski definition) is 2. The molecule has 2 aromatic rings. The van der Waals surface area contributed by atoms with E-state index in [4.69, 9.17) is 20.6 Å². The number of allylic oxidation sites excluding steroid dienone is 3. The summed E-state index contributed by atoms with van der Waals surface area (Å²) in [6.45, 7) is 9.17. The second kappa shape index (κ2) is 11.0. The first-order chi connectivity index (χ1) is 16.6. The first kappa shape index (κ1) is 26.2. The van der Waals surface area contributed by atoms with Crippen LogP contribution in [0.15, 0.2) is 53.6 Å². The summed E-state index contributed by atoms with van der Waals surface area (Å²) in [5.41, 5.74) is 6.80. The number of phenolic OH excluding ortho intramolecular Hbond substituents is 1. The molecule has 35 heavy (non-hydrogen) atoms. The van der Waals surface area contributed by atoms with Crippen LogP contribution < -0.4 is 5.09 Å². The number of aromatic hydroxyl groups is 1. The molecule has 0 spiro atoms. The molecule has 0 saturated carbocycles. The summed E-state index contributed by atoms with van der Waals surface area (Å²) in [5.74, 6) is 0.716. The second-order valence-corrected chi connectivity index (χ2v) is 12.1. The zero-order valence-electron chi connectivity index (χ0n) is 20.9. The van der Waals surface area contributed by atoms with Crippen LogP contribution in [0, 0.1) is 19.8 Å². The summed E-state index contributed by atoms with van der Waals surface area (Å²) in [6, 6.07) is 10.1. The van der Waals surface area contributed by atoms with Gasteiger partial charge in [-0.1, -0.05) is 61.9 Å². The average molecular weight is 516 g/mol. The van der Waals surface area contributed by atoms with Gasteiger partial charge in [0.1, 0.15) is 5.75 Å². The minimum Gasteiger partial charge on any atom is -0.508 e. The molecule has 1 aliphatic heterocycles. The molecular weight excluding hydrogens is 481 g/mol. The standard InChI is InChI=1S/C28H35ClNO4P/c1-18(2)25-14-21(8-9-27(25)31)15-26-19(3)12-22(13-20(26)4)17-30-35(32)33-11-10-28(34-35)23-6-5-7-24(29)16-23/h5,7-9,12-14,16,18,23,28,31H,6,10-11,15,17H2,1-4H3,(H,30,32). The van der Waals surface area contributed by atoms with Gasteiger partial charge in [0.05, 0.1) is 12.7 Å². The molecule has 1 heterocycles. The number of aryl methyl sites for hydroxylation is 2. The van der Waals surface area contributed by atoms with Gasteiger partial charge in [0, 0.05) is 17.5 Å². The average Bonchev–Trinajstić information content (AvgIpc) is 2.81. The molecule has 1 fully saturated rings. The number of nitrogens with one attached hydrogen (secondary N) is 1. The van der Waals surface area contributed by atoms with Crippen molar-refractivity contribution in [3.8, 4) is 5.75 Å². The van der Waals surface area contributed by atoms with Crippen LogP contribution in [0.2, 0.25) is 0 Å². The summed E-state index contributed by atoms with van der Waals surface area (Å²) in [5, 5.41) is 13.9. The Labute approximate surface area is 213 Å². The van der Waals surface area contributed by atoms with Gasteiger partial charge in [-0.2, -0.15) is 0 Å². The lowest BCUT2D eigenvalue weighted by molar-refractivity contribution is 0.0516. The van der Waals surface area contributed by atoms with E-state index in [0.717, 1.165) is 24.0 Å². The third-order valence-corrected chi connectivity index (χ3v) is 8.67. The molecule has 188 valence electrons. The molecule has 1 saturated heterocycles. The maximum absolute atomic E-state index is 13.3. The molecule has 2 N–H and O–H groups in total. The van der Waals surface area contributed by atoms with E-state index in [9.17, 15) is 9.67 Å². The van der Waals surface area contributed by atoms with Crippen molar-refractivity contribution in [2.24, 2.45) is 5.92 Å². The van der Waals surface area contributed by atoms with Gasteiger partial charge in [0.2, 0.25) is 0 Å².